The van der Waals surface area contributed by atoms with Crippen LogP contribution in [0.2, 0.25) is 0 Å². The van der Waals surface area contributed by atoms with Crippen LogP contribution in [0.4, 0.5) is 10.2 Å². The fraction of sp³-hybridized carbons (Fsp3) is 0.318. The third-order valence-electron chi connectivity index (χ3n) is 5.22. The summed E-state index contributed by atoms with van der Waals surface area (Å²) in [5, 5.41) is 3.50. The highest BCUT2D eigenvalue weighted by Gasteiger charge is 2.23. The molecule has 0 amide bonds. The molecule has 0 aliphatic carbocycles. The predicted molar refractivity (Wildman–Crippen MR) is 111 cm³/mol. The second-order valence-electron chi connectivity index (χ2n) is 7.13. The van der Waals surface area contributed by atoms with E-state index in [9.17, 15) is 4.39 Å². The fourth-order valence-electron chi connectivity index (χ4n) is 3.63. The number of rotatable bonds is 7. The Morgan fingerprint density at radius 1 is 0.931 bits per heavy atom. The Bertz CT molecular complexity index is 884. The smallest absolute Gasteiger partial charge is 0.147 e. The van der Waals surface area contributed by atoms with E-state index >= 15 is 0 Å². The summed E-state index contributed by atoms with van der Waals surface area (Å²) in [4.78, 5) is 17.5. The van der Waals surface area contributed by atoms with Gasteiger partial charge in [-0.1, -0.05) is 24.3 Å². The van der Waals surface area contributed by atoms with Gasteiger partial charge in [0.2, 0.25) is 0 Å². The first-order valence-corrected chi connectivity index (χ1v) is 9.90. The minimum atomic E-state index is -0.177. The molecule has 1 aliphatic heterocycles. The van der Waals surface area contributed by atoms with Gasteiger partial charge in [0.1, 0.15) is 11.6 Å². The molecule has 3 heterocycles. The second-order valence-corrected chi connectivity index (χ2v) is 7.13. The summed E-state index contributed by atoms with van der Waals surface area (Å²) in [7, 11) is 0. The molecule has 0 radical (unpaired) electrons. The molecule has 0 saturated carbocycles. The maximum Gasteiger partial charge on any atom is 0.147 e. The van der Waals surface area contributed by atoms with E-state index in [4.69, 9.17) is 0 Å². The maximum atomic E-state index is 14.5. The van der Waals surface area contributed by atoms with E-state index in [2.05, 4.69) is 30.1 Å². The van der Waals surface area contributed by atoms with Crippen molar-refractivity contribution in [2.24, 2.45) is 0 Å². The van der Waals surface area contributed by atoms with Gasteiger partial charge in [0.05, 0.1) is 11.9 Å². The van der Waals surface area contributed by atoms with Crippen molar-refractivity contribution in [3.63, 3.8) is 0 Å². The second kappa shape index (κ2) is 9.54. The topological polar surface area (TPSA) is 57.2 Å². The molecule has 6 nitrogen and oxygen atoms in total. The monoisotopic (exact) mass is 392 g/mol. The van der Waals surface area contributed by atoms with Crippen LogP contribution >= 0.6 is 0 Å². The molecule has 150 valence electrons. The largest absolute Gasteiger partial charge is 0.353 e. The molecule has 1 fully saturated rings. The van der Waals surface area contributed by atoms with Crippen LogP contribution in [0.5, 0.6) is 0 Å². The summed E-state index contributed by atoms with van der Waals surface area (Å²) < 4.78 is 14.5. The zero-order valence-corrected chi connectivity index (χ0v) is 16.3. The van der Waals surface area contributed by atoms with Crippen LogP contribution in [0, 0.1) is 5.82 Å². The molecule has 1 saturated heterocycles. The van der Waals surface area contributed by atoms with E-state index in [1.807, 2.05) is 30.3 Å². The van der Waals surface area contributed by atoms with Gasteiger partial charge in [-0.05, 0) is 18.2 Å². The van der Waals surface area contributed by atoms with Crippen molar-refractivity contribution in [2.75, 3.05) is 37.6 Å². The van der Waals surface area contributed by atoms with Gasteiger partial charge < -0.3 is 10.2 Å². The lowest BCUT2D eigenvalue weighted by atomic mass is 10.0. The van der Waals surface area contributed by atoms with E-state index < -0.39 is 0 Å². The van der Waals surface area contributed by atoms with Crippen LogP contribution in [0.3, 0.4) is 0 Å². The Morgan fingerprint density at radius 3 is 2.48 bits per heavy atom. The molecular formula is C22H25FN6. The number of benzene rings is 1. The van der Waals surface area contributed by atoms with Crippen LogP contribution in [0.1, 0.15) is 17.3 Å². The van der Waals surface area contributed by atoms with Gasteiger partial charge >= 0.3 is 0 Å². The minimum Gasteiger partial charge on any atom is -0.353 e. The number of nitrogens with zero attached hydrogens (tertiary/aromatic N) is 5. The summed E-state index contributed by atoms with van der Waals surface area (Å²) in [6.07, 6.45) is 6.98. The van der Waals surface area contributed by atoms with E-state index in [-0.39, 0.29) is 11.9 Å². The van der Waals surface area contributed by atoms with Crippen molar-refractivity contribution in [2.45, 2.75) is 12.6 Å². The molecule has 2 aromatic heterocycles. The average molecular weight is 392 g/mol. The highest BCUT2D eigenvalue weighted by atomic mass is 19.1. The number of anilines is 1. The van der Waals surface area contributed by atoms with E-state index in [0.29, 0.717) is 12.1 Å². The first kappa shape index (κ1) is 19.4. The number of nitrogens with one attached hydrogen (secondary N) is 1. The first-order valence-electron chi connectivity index (χ1n) is 9.90. The van der Waals surface area contributed by atoms with E-state index in [0.717, 1.165) is 44.2 Å². The standard InChI is InChI=1S/C22H25FN6/c23-20-7-2-1-6-19(20)21(27-15-18-5-3-4-8-25-18)17-28-11-13-29(14-12-28)22-16-24-9-10-26-22/h1-10,16,21,27H,11-15,17H2. The zero-order chi connectivity index (χ0) is 19.9. The van der Waals surface area contributed by atoms with Crippen molar-refractivity contribution < 1.29 is 4.39 Å². The lowest BCUT2D eigenvalue weighted by Gasteiger charge is -2.37. The molecule has 1 atom stereocenters. The first-order chi connectivity index (χ1) is 14.3. The lowest BCUT2D eigenvalue weighted by Crippen LogP contribution is -2.49. The molecule has 3 aromatic rings. The quantitative estimate of drug-likeness (QED) is 0.667. The molecular weight excluding hydrogens is 367 g/mol. The minimum absolute atomic E-state index is 0.110. The summed E-state index contributed by atoms with van der Waals surface area (Å²) in [6, 6.07) is 12.7. The average Bonchev–Trinajstić information content (AvgIpc) is 2.79. The fourth-order valence-corrected chi connectivity index (χ4v) is 3.63. The molecule has 0 spiro atoms. The van der Waals surface area contributed by atoms with E-state index in [1.165, 1.54) is 6.07 Å². The zero-order valence-electron chi connectivity index (χ0n) is 16.3. The van der Waals surface area contributed by atoms with Gasteiger partial charge in [-0.2, -0.15) is 0 Å². The van der Waals surface area contributed by atoms with Gasteiger partial charge in [-0.25, -0.2) is 9.37 Å². The normalized spacial score (nSPS) is 16.0. The van der Waals surface area contributed by atoms with Crippen LogP contribution < -0.4 is 10.2 Å². The third-order valence-corrected chi connectivity index (χ3v) is 5.22. The van der Waals surface area contributed by atoms with Gasteiger partial charge in [-0.15, -0.1) is 0 Å². The molecule has 4 rings (SSSR count). The lowest BCUT2D eigenvalue weighted by molar-refractivity contribution is 0.226. The van der Waals surface area contributed by atoms with Gasteiger partial charge in [0.25, 0.3) is 0 Å². The van der Waals surface area contributed by atoms with Crippen LogP contribution in [0.15, 0.2) is 67.3 Å². The van der Waals surface area contributed by atoms with Crippen LogP contribution in [-0.4, -0.2) is 52.6 Å². The van der Waals surface area contributed by atoms with Gasteiger partial charge in [0, 0.05) is 69.5 Å². The maximum absolute atomic E-state index is 14.5. The SMILES string of the molecule is Fc1ccccc1C(CN1CCN(c2cnccn2)CC1)NCc1ccccn1. The number of halogens is 1. The number of pyridine rings is 1. The number of hydrogen-bond donors (Lipinski definition) is 1. The molecule has 29 heavy (non-hydrogen) atoms. The van der Waals surface area contributed by atoms with Crippen molar-refractivity contribution >= 4 is 5.82 Å². The van der Waals surface area contributed by atoms with Crippen LogP contribution in [0.25, 0.3) is 0 Å². The van der Waals surface area contributed by atoms with Crippen molar-refractivity contribution in [1.29, 1.82) is 0 Å². The van der Waals surface area contributed by atoms with Gasteiger partial charge in [-0.3, -0.25) is 14.9 Å². The molecule has 1 N–H and O–H groups in total. The van der Waals surface area contributed by atoms with Crippen molar-refractivity contribution in [1.82, 2.24) is 25.2 Å². The van der Waals surface area contributed by atoms with Crippen molar-refractivity contribution in [3.05, 3.63) is 84.3 Å². The Kier molecular flexibility index (Phi) is 6.38. The molecule has 1 aromatic carbocycles. The Balaban J connectivity index is 1.41. The highest BCUT2D eigenvalue weighted by Crippen LogP contribution is 2.20. The summed E-state index contributed by atoms with van der Waals surface area (Å²) >= 11 is 0. The molecule has 0 bridgehead atoms. The Hall–Kier alpha value is -2.90. The number of hydrogen-bond acceptors (Lipinski definition) is 6. The molecule has 1 unspecified atom stereocenters. The third kappa shape index (κ3) is 5.13. The predicted octanol–water partition coefficient (Wildman–Crippen LogP) is 2.66. The number of aromatic nitrogens is 3. The Morgan fingerprint density at radius 2 is 1.76 bits per heavy atom. The highest BCUT2D eigenvalue weighted by molar-refractivity contribution is 5.35. The number of piperazine rings is 1. The summed E-state index contributed by atoms with van der Waals surface area (Å²) in [6.45, 7) is 4.88. The molecule has 7 heteroatoms. The van der Waals surface area contributed by atoms with Crippen LogP contribution in [-0.2, 0) is 6.54 Å². The Labute approximate surface area is 170 Å². The van der Waals surface area contributed by atoms with E-state index in [1.54, 1.807) is 30.9 Å². The summed E-state index contributed by atoms with van der Waals surface area (Å²) in [5.41, 5.74) is 1.64. The van der Waals surface area contributed by atoms with Gasteiger partial charge in [0.15, 0.2) is 0 Å². The summed E-state index contributed by atoms with van der Waals surface area (Å²) in [5.74, 6) is 0.732. The van der Waals surface area contributed by atoms with Crippen molar-refractivity contribution in [3.8, 4) is 0 Å². The molecule has 1 aliphatic rings.